The van der Waals surface area contributed by atoms with Crippen molar-refractivity contribution >= 4 is 11.8 Å². The fraction of sp³-hybridized carbons (Fsp3) is 0.462. The second-order valence-electron chi connectivity index (χ2n) is 4.20. The Bertz CT molecular complexity index is 468. The number of ether oxygens (including phenoxy) is 1. The van der Waals surface area contributed by atoms with Crippen LogP contribution in [-0.4, -0.2) is 55.6 Å². The highest BCUT2D eigenvalue weighted by molar-refractivity contribution is 5.96. The summed E-state index contributed by atoms with van der Waals surface area (Å²) in [5.41, 5.74) is -0.151. The number of hydrogen-bond acceptors (Lipinski definition) is 4. The first-order valence-electron chi connectivity index (χ1n) is 6.18. The van der Waals surface area contributed by atoms with Crippen molar-refractivity contribution in [3.63, 3.8) is 0 Å². The van der Waals surface area contributed by atoms with Crippen molar-refractivity contribution in [1.29, 1.82) is 0 Å². The van der Waals surface area contributed by atoms with Crippen molar-refractivity contribution in [2.24, 2.45) is 0 Å². The SMILES string of the molecule is COCCCNC(=O)CN(C)C(=O)c1cccnc1F. The second-order valence-corrected chi connectivity index (χ2v) is 4.20. The second kappa shape index (κ2) is 8.21. The van der Waals surface area contributed by atoms with Crippen molar-refractivity contribution in [2.45, 2.75) is 6.42 Å². The maximum absolute atomic E-state index is 13.4. The number of pyridine rings is 1. The molecule has 1 N–H and O–H groups in total. The molecule has 20 heavy (non-hydrogen) atoms. The molecule has 0 atom stereocenters. The maximum Gasteiger partial charge on any atom is 0.258 e. The molecule has 1 aromatic rings. The summed E-state index contributed by atoms with van der Waals surface area (Å²) in [6.07, 6.45) is 1.95. The van der Waals surface area contributed by atoms with Gasteiger partial charge in [0.25, 0.3) is 5.91 Å². The van der Waals surface area contributed by atoms with Gasteiger partial charge in [0.15, 0.2) is 0 Å². The minimum absolute atomic E-state index is 0.139. The van der Waals surface area contributed by atoms with E-state index in [4.69, 9.17) is 4.74 Å². The molecule has 1 heterocycles. The third kappa shape index (κ3) is 4.93. The number of nitrogens with zero attached hydrogens (tertiary/aromatic N) is 2. The predicted octanol–water partition coefficient (Wildman–Crippen LogP) is 0.445. The Morgan fingerprint density at radius 3 is 2.90 bits per heavy atom. The van der Waals surface area contributed by atoms with Crippen LogP contribution in [0.5, 0.6) is 0 Å². The van der Waals surface area contributed by atoms with Crippen LogP contribution in [0, 0.1) is 5.95 Å². The van der Waals surface area contributed by atoms with E-state index >= 15 is 0 Å². The van der Waals surface area contributed by atoms with E-state index in [2.05, 4.69) is 10.3 Å². The van der Waals surface area contributed by atoms with E-state index in [9.17, 15) is 14.0 Å². The summed E-state index contributed by atoms with van der Waals surface area (Å²) < 4.78 is 18.2. The normalized spacial score (nSPS) is 10.2. The Morgan fingerprint density at radius 1 is 1.50 bits per heavy atom. The summed E-state index contributed by atoms with van der Waals surface area (Å²) in [7, 11) is 3.01. The number of hydrogen-bond donors (Lipinski definition) is 1. The quantitative estimate of drug-likeness (QED) is 0.582. The van der Waals surface area contributed by atoms with Crippen molar-refractivity contribution in [2.75, 3.05) is 33.9 Å². The number of aromatic nitrogens is 1. The summed E-state index contributed by atoms with van der Waals surface area (Å²) in [6, 6.07) is 2.80. The lowest BCUT2D eigenvalue weighted by molar-refractivity contribution is -0.121. The number of likely N-dealkylation sites (N-methyl/N-ethyl adjacent to an activating group) is 1. The van der Waals surface area contributed by atoms with E-state index in [0.29, 0.717) is 19.6 Å². The van der Waals surface area contributed by atoms with Gasteiger partial charge in [-0.1, -0.05) is 0 Å². The zero-order chi connectivity index (χ0) is 15.0. The lowest BCUT2D eigenvalue weighted by Crippen LogP contribution is -2.39. The number of methoxy groups -OCH3 is 1. The average molecular weight is 283 g/mol. The number of amides is 2. The molecule has 2 amide bonds. The largest absolute Gasteiger partial charge is 0.385 e. The van der Waals surface area contributed by atoms with Gasteiger partial charge in [-0.2, -0.15) is 4.39 Å². The van der Waals surface area contributed by atoms with Gasteiger partial charge in [0.2, 0.25) is 11.9 Å². The van der Waals surface area contributed by atoms with E-state index in [1.54, 1.807) is 7.11 Å². The zero-order valence-electron chi connectivity index (χ0n) is 11.6. The highest BCUT2D eigenvalue weighted by atomic mass is 19.1. The van der Waals surface area contributed by atoms with E-state index in [1.807, 2.05) is 0 Å². The van der Waals surface area contributed by atoms with E-state index < -0.39 is 11.9 Å². The molecular formula is C13H18FN3O3. The lowest BCUT2D eigenvalue weighted by atomic mass is 10.2. The fourth-order valence-corrected chi connectivity index (χ4v) is 1.54. The summed E-state index contributed by atoms with van der Waals surface area (Å²) in [5, 5.41) is 2.65. The molecule has 6 nitrogen and oxygen atoms in total. The first kappa shape index (κ1) is 16.0. The van der Waals surface area contributed by atoms with Crippen LogP contribution >= 0.6 is 0 Å². The highest BCUT2D eigenvalue weighted by Gasteiger charge is 2.18. The van der Waals surface area contributed by atoms with Crippen LogP contribution < -0.4 is 5.32 Å². The van der Waals surface area contributed by atoms with Gasteiger partial charge in [0.05, 0.1) is 12.1 Å². The molecule has 0 radical (unpaired) electrons. The number of halogens is 1. The van der Waals surface area contributed by atoms with Crippen LogP contribution in [0.2, 0.25) is 0 Å². The standard InChI is InChI=1S/C13H18FN3O3/c1-17(9-11(18)15-7-4-8-20-2)13(19)10-5-3-6-16-12(10)14/h3,5-6H,4,7-9H2,1-2H3,(H,15,18). The Morgan fingerprint density at radius 2 is 2.25 bits per heavy atom. The van der Waals surface area contributed by atoms with Crippen molar-refractivity contribution in [3.8, 4) is 0 Å². The first-order chi connectivity index (χ1) is 9.56. The Kier molecular flexibility index (Phi) is 6.58. The van der Waals surface area contributed by atoms with Gasteiger partial charge in [0, 0.05) is 33.5 Å². The van der Waals surface area contributed by atoms with Crippen molar-refractivity contribution in [1.82, 2.24) is 15.2 Å². The minimum atomic E-state index is -0.843. The van der Waals surface area contributed by atoms with Gasteiger partial charge in [-0.25, -0.2) is 4.98 Å². The molecule has 7 heteroatoms. The van der Waals surface area contributed by atoms with Crippen LogP contribution in [-0.2, 0) is 9.53 Å². The average Bonchev–Trinajstić information content (AvgIpc) is 2.43. The molecule has 0 aromatic carbocycles. The van der Waals surface area contributed by atoms with Gasteiger partial charge in [0.1, 0.15) is 0 Å². The van der Waals surface area contributed by atoms with Gasteiger partial charge in [-0.05, 0) is 18.6 Å². The summed E-state index contributed by atoms with van der Waals surface area (Å²) in [5.74, 6) is -1.73. The van der Waals surface area contributed by atoms with Crippen LogP contribution in [0.15, 0.2) is 18.3 Å². The van der Waals surface area contributed by atoms with Crippen LogP contribution in [0.3, 0.4) is 0 Å². The molecule has 110 valence electrons. The topological polar surface area (TPSA) is 71.5 Å². The Labute approximate surface area is 116 Å². The third-order valence-electron chi connectivity index (χ3n) is 2.56. The summed E-state index contributed by atoms with van der Waals surface area (Å²) >= 11 is 0. The Hall–Kier alpha value is -2.02. The minimum Gasteiger partial charge on any atom is -0.385 e. The molecule has 0 saturated carbocycles. The summed E-state index contributed by atoms with van der Waals surface area (Å²) in [4.78, 5) is 28.1. The van der Waals surface area contributed by atoms with Crippen LogP contribution in [0.4, 0.5) is 4.39 Å². The molecule has 0 aliphatic rings. The van der Waals surface area contributed by atoms with Crippen LogP contribution in [0.1, 0.15) is 16.8 Å². The predicted molar refractivity (Wildman–Crippen MR) is 70.7 cm³/mol. The molecule has 0 aliphatic carbocycles. The lowest BCUT2D eigenvalue weighted by Gasteiger charge is -2.16. The monoisotopic (exact) mass is 283 g/mol. The molecular weight excluding hydrogens is 265 g/mol. The highest BCUT2D eigenvalue weighted by Crippen LogP contribution is 2.06. The van der Waals surface area contributed by atoms with Gasteiger partial charge in [-0.15, -0.1) is 0 Å². The number of carbonyl (C=O) groups is 2. The first-order valence-corrected chi connectivity index (χ1v) is 6.18. The molecule has 0 saturated heterocycles. The number of carbonyl (C=O) groups excluding carboxylic acids is 2. The zero-order valence-corrected chi connectivity index (χ0v) is 11.6. The molecule has 0 aliphatic heterocycles. The third-order valence-corrected chi connectivity index (χ3v) is 2.56. The number of rotatable bonds is 7. The van der Waals surface area contributed by atoms with Crippen molar-refractivity contribution < 1.29 is 18.7 Å². The van der Waals surface area contributed by atoms with E-state index in [-0.39, 0.29) is 18.0 Å². The van der Waals surface area contributed by atoms with E-state index in [0.717, 1.165) is 4.90 Å². The van der Waals surface area contributed by atoms with E-state index in [1.165, 1.54) is 25.4 Å². The van der Waals surface area contributed by atoms with Crippen LogP contribution in [0.25, 0.3) is 0 Å². The maximum atomic E-state index is 13.4. The molecule has 0 fully saturated rings. The molecule has 1 rings (SSSR count). The molecule has 0 bridgehead atoms. The smallest absolute Gasteiger partial charge is 0.258 e. The number of nitrogens with one attached hydrogen (secondary N) is 1. The molecule has 0 unspecified atom stereocenters. The Balaban J connectivity index is 2.46. The van der Waals surface area contributed by atoms with Gasteiger partial charge in [-0.3, -0.25) is 9.59 Å². The van der Waals surface area contributed by atoms with Gasteiger partial charge >= 0.3 is 0 Å². The molecule has 0 spiro atoms. The fourth-order valence-electron chi connectivity index (χ4n) is 1.54. The van der Waals surface area contributed by atoms with Gasteiger partial charge < -0.3 is 15.0 Å². The van der Waals surface area contributed by atoms with Crippen molar-refractivity contribution in [3.05, 3.63) is 29.8 Å². The summed E-state index contributed by atoms with van der Waals surface area (Å²) in [6.45, 7) is 0.881. The molecule has 1 aromatic heterocycles.